The summed E-state index contributed by atoms with van der Waals surface area (Å²) >= 11 is 0. The Bertz CT molecular complexity index is 1460. The quantitative estimate of drug-likeness (QED) is 0.134. The first-order valence-electron chi connectivity index (χ1n) is 12.1. The van der Waals surface area contributed by atoms with Crippen LogP contribution in [0.25, 0.3) is 16.9 Å². The molecule has 1 fully saturated rings. The zero-order valence-electron chi connectivity index (χ0n) is 21.1. The van der Waals surface area contributed by atoms with Gasteiger partial charge < -0.3 is 9.97 Å². The minimum Gasteiger partial charge on any atom is -0.322 e. The Morgan fingerprint density at radius 3 is 2.24 bits per heavy atom. The summed E-state index contributed by atoms with van der Waals surface area (Å²) in [6.45, 7) is 6.05. The molecule has 1 aliphatic rings. The van der Waals surface area contributed by atoms with Crippen molar-refractivity contribution < 1.29 is 38.6 Å². The summed E-state index contributed by atoms with van der Waals surface area (Å²) in [5.74, 6) is -3.95. The SMILES string of the molecule is CC1(Cc2cc(-c3[c-]cc(F)nc3F)nc(C(C)(C)c3ccn(-c4[c-]cc(F)nc4F)n3)c2)CCCC1.[Pt+2]. The van der Waals surface area contributed by atoms with Crippen molar-refractivity contribution >= 4 is 0 Å². The third-order valence-electron chi connectivity index (χ3n) is 7.16. The smallest absolute Gasteiger partial charge is 0.322 e. The maximum absolute atomic E-state index is 14.6. The van der Waals surface area contributed by atoms with Crippen molar-refractivity contribution in [2.24, 2.45) is 5.41 Å². The fourth-order valence-electron chi connectivity index (χ4n) is 5.03. The van der Waals surface area contributed by atoms with E-state index < -0.39 is 29.2 Å². The second-order valence-corrected chi connectivity index (χ2v) is 10.5. The van der Waals surface area contributed by atoms with Crippen LogP contribution < -0.4 is 0 Å². The molecular formula is C28H25F4N5Pt. The summed E-state index contributed by atoms with van der Waals surface area (Å²) < 4.78 is 56.8. The Hall–Kier alpha value is -2.93. The Labute approximate surface area is 233 Å². The van der Waals surface area contributed by atoms with Crippen molar-refractivity contribution in [3.8, 4) is 16.9 Å². The third kappa shape index (κ3) is 5.58. The zero-order chi connectivity index (χ0) is 26.4. The van der Waals surface area contributed by atoms with Gasteiger partial charge in [-0.1, -0.05) is 43.0 Å². The molecule has 5 rings (SSSR count). The topological polar surface area (TPSA) is 56.5 Å². The molecule has 38 heavy (non-hydrogen) atoms. The molecule has 1 saturated carbocycles. The van der Waals surface area contributed by atoms with E-state index in [9.17, 15) is 17.6 Å². The van der Waals surface area contributed by atoms with E-state index in [1.165, 1.54) is 23.7 Å². The first kappa shape index (κ1) is 28.1. The molecule has 5 nitrogen and oxygen atoms in total. The van der Waals surface area contributed by atoms with Crippen LogP contribution in [0.5, 0.6) is 0 Å². The number of pyridine rings is 3. The molecule has 200 valence electrons. The summed E-state index contributed by atoms with van der Waals surface area (Å²) in [5.41, 5.74) is 1.61. The van der Waals surface area contributed by atoms with Crippen molar-refractivity contribution in [2.45, 2.75) is 58.3 Å². The van der Waals surface area contributed by atoms with Crippen LogP contribution in [-0.2, 0) is 32.9 Å². The Balaban J connectivity index is 0.00000336. The normalized spacial score (nSPS) is 14.9. The van der Waals surface area contributed by atoms with E-state index in [0.29, 0.717) is 17.1 Å². The number of hydrogen-bond acceptors (Lipinski definition) is 4. The maximum Gasteiger partial charge on any atom is 2.00 e. The van der Waals surface area contributed by atoms with Gasteiger partial charge in [0.05, 0.1) is 17.1 Å². The van der Waals surface area contributed by atoms with E-state index in [1.807, 2.05) is 26.0 Å². The molecule has 0 bridgehead atoms. The number of halogens is 4. The van der Waals surface area contributed by atoms with Crippen LogP contribution in [0.4, 0.5) is 17.6 Å². The van der Waals surface area contributed by atoms with Crippen LogP contribution in [0.3, 0.4) is 0 Å². The van der Waals surface area contributed by atoms with Gasteiger partial charge in [0, 0.05) is 17.6 Å². The summed E-state index contributed by atoms with van der Waals surface area (Å²) in [5, 5.41) is 4.50. The Kier molecular flexibility index (Phi) is 7.89. The van der Waals surface area contributed by atoms with Crippen molar-refractivity contribution in [3.05, 3.63) is 89.4 Å². The van der Waals surface area contributed by atoms with E-state index in [-0.39, 0.29) is 37.7 Å². The van der Waals surface area contributed by atoms with Gasteiger partial charge in [-0.2, -0.15) is 5.10 Å². The summed E-state index contributed by atoms with van der Waals surface area (Å²) in [6.07, 6.45) is 6.84. The number of aromatic nitrogens is 5. The Morgan fingerprint density at radius 2 is 1.58 bits per heavy atom. The van der Waals surface area contributed by atoms with Crippen LogP contribution in [0.2, 0.25) is 0 Å². The molecular weight excluding hydrogens is 677 g/mol. The average Bonchev–Trinajstić information content (AvgIpc) is 3.49. The molecule has 4 aromatic heterocycles. The second-order valence-electron chi connectivity index (χ2n) is 10.5. The van der Waals surface area contributed by atoms with Gasteiger partial charge in [0.15, 0.2) is 0 Å². The van der Waals surface area contributed by atoms with Gasteiger partial charge in [-0.3, -0.25) is 18.4 Å². The molecule has 0 radical (unpaired) electrons. The van der Waals surface area contributed by atoms with E-state index in [0.717, 1.165) is 37.0 Å². The standard InChI is InChI=1S/C28H25F4N5.Pt/c1-27(2,21-10-13-37(36-21)20-7-9-24(30)35-26(20)32)22-15-17(16-28(3)11-4-5-12-28)14-19(33-22)18-6-8-23(29)34-25(18)31;/h8-10,13-15H,4-5,11-12,16H2,1-3H3;/q-2;+2. The monoisotopic (exact) mass is 702 g/mol. The Morgan fingerprint density at radius 1 is 0.921 bits per heavy atom. The van der Waals surface area contributed by atoms with Crippen molar-refractivity contribution in [3.63, 3.8) is 0 Å². The van der Waals surface area contributed by atoms with E-state index >= 15 is 0 Å². The molecule has 0 amide bonds. The first-order valence-corrected chi connectivity index (χ1v) is 12.1. The number of hydrogen-bond donors (Lipinski definition) is 0. The van der Waals surface area contributed by atoms with Gasteiger partial charge >= 0.3 is 21.1 Å². The van der Waals surface area contributed by atoms with Crippen molar-refractivity contribution in [1.29, 1.82) is 0 Å². The molecule has 0 spiro atoms. The number of rotatable bonds is 6. The van der Waals surface area contributed by atoms with Gasteiger partial charge in [0.2, 0.25) is 0 Å². The molecule has 10 heteroatoms. The fraction of sp³-hybridized carbons (Fsp3) is 0.357. The largest absolute Gasteiger partial charge is 2.00 e. The van der Waals surface area contributed by atoms with Gasteiger partial charge in [-0.05, 0) is 56.4 Å². The van der Waals surface area contributed by atoms with Crippen molar-refractivity contribution in [1.82, 2.24) is 24.7 Å². The predicted octanol–water partition coefficient (Wildman–Crippen LogP) is 6.33. The van der Waals surface area contributed by atoms with Crippen LogP contribution in [0, 0.1) is 41.3 Å². The van der Waals surface area contributed by atoms with E-state index in [2.05, 4.69) is 34.1 Å². The number of nitrogens with zero attached hydrogens (tertiary/aromatic N) is 5. The zero-order valence-corrected chi connectivity index (χ0v) is 23.3. The minimum atomic E-state index is -1.03. The summed E-state index contributed by atoms with van der Waals surface area (Å²) in [7, 11) is 0. The van der Waals surface area contributed by atoms with Crippen molar-refractivity contribution in [2.75, 3.05) is 0 Å². The minimum absolute atomic E-state index is 0. The predicted molar refractivity (Wildman–Crippen MR) is 129 cm³/mol. The third-order valence-corrected chi connectivity index (χ3v) is 7.16. The van der Waals surface area contributed by atoms with Gasteiger partial charge in [0.1, 0.15) is 17.8 Å². The fourth-order valence-corrected chi connectivity index (χ4v) is 5.03. The molecule has 0 saturated heterocycles. The van der Waals surface area contributed by atoms with Crippen LogP contribution in [0.1, 0.15) is 63.4 Å². The molecule has 0 atom stereocenters. The van der Waals surface area contributed by atoms with Gasteiger partial charge in [-0.25, -0.2) is 8.78 Å². The molecule has 0 N–H and O–H groups in total. The molecule has 0 aromatic carbocycles. The molecule has 0 unspecified atom stereocenters. The molecule has 0 aliphatic heterocycles. The van der Waals surface area contributed by atoms with Gasteiger partial charge in [-0.15, -0.1) is 18.2 Å². The summed E-state index contributed by atoms with van der Waals surface area (Å²) in [4.78, 5) is 11.2. The molecule has 4 aromatic rings. The van der Waals surface area contributed by atoms with Crippen LogP contribution in [-0.4, -0.2) is 24.7 Å². The van der Waals surface area contributed by atoms with E-state index in [4.69, 9.17) is 4.98 Å². The van der Waals surface area contributed by atoms with E-state index in [1.54, 1.807) is 6.07 Å². The average molecular weight is 703 g/mol. The second kappa shape index (κ2) is 10.7. The van der Waals surface area contributed by atoms with Crippen LogP contribution >= 0.6 is 0 Å². The first-order chi connectivity index (χ1) is 17.5. The van der Waals surface area contributed by atoms with Gasteiger partial charge in [0.25, 0.3) is 0 Å². The maximum atomic E-state index is 14.6. The molecule has 4 heterocycles. The molecule has 1 aliphatic carbocycles. The summed E-state index contributed by atoms with van der Waals surface area (Å²) in [6, 6.07) is 12.6. The van der Waals surface area contributed by atoms with Crippen LogP contribution in [0.15, 0.2) is 36.5 Å².